The minimum Gasteiger partial charge on any atom is -0.388 e. The highest BCUT2D eigenvalue weighted by Crippen LogP contribution is 2.29. The molecule has 0 aromatic heterocycles. The number of nitrogens with zero attached hydrogens (tertiary/aromatic N) is 1. The summed E-state index contributed by atoms with van der Waals surface area (Å²) in [7, 11) is 0. The fraction of sp³-hybridized carbons (Fsp3) is 0.600. The summed E-state index contributed by atoms with van der Waals surface area (Å²) in [5.74, 6) is 0. The Morgan fingerprint density at radius 3 is 2.74 bits per heavy atom. The molecule has 0 aliphatic carbocycles. The van der Waals surface area contributed by atoms with E-state index in [-0.39, 0.29) is 0 Å². The predicted molar refractivity (Wildman–Crippen MR) is 80.9 cm³/mol. The Kier molecular flexibility index (Phi) is 4.39. The lowest BCUT2D eigenvalue weighted by molar-refractivity contribution is 0.0839. The van der Waals surface area contributed by atoms with Crippen molar-refractivity contribution in [2.75, 3.05) is 18.0 Å². The monoisotopic (exact) mass is 282 g/mol. The predicted octanol–water partition coefficient (Wildman–Crippen LogP) is 2.80. The van der Waals surface area contributed by atoms with Gasteiger partial charge in [0.1, 0.15) is 0 Å². The Bertz CT molecular complexity index is 446. The second kappa shape index (κ2) is 5.70. The number of hydrogen-bond acceptors (Lipinski definition) is 3. The zero-order chi connectivity index (χ0) is 14.0. The first-order valence-electron chi connectivity index (χ1n) is 6.86. The molecule has 4 heteroatoms. The van der Waals surface area contributed by atoms with Crippen LogP contribution < -0.4 is 10.2 Å². The number of benzene rings is 1. The van der Waals surface area contributed by atoms with Gasteiger partial charge in [0.2, 0.25) is 0 Å². The number of aliphatic hydroxyl groups is 1. The molecule has 1 aliphatic rings. The van der Waals surface area contributed by atoms with Crippen LogP contribution in [-0.2, 0) is 6.54 Å². The maximum Gasteiger partial charge on any atom is 0.0810 e. The van der Waals surface area contributed by atoms with Gasteiger partial charge in [0.25, 0.3) is 0 Å². The van der Waals surface area contributed by atoms with Crippen LogP contribution in [0.3, 0.4) is 0 Å². The van der Waals surface area contributed by atoms with Crippen LogP contribution in [0.25, 0.3) is 0 Å². The van der Waals surface area contributed by atoms with Gasteiger partial charge < -0.3 is 15.3 Å². The van der Waals surface area contributed by atoms with Crippen molar-refractivity contribution < 1.29 is 5.11 Å². The first-order chi connectivity index (χ1) is 8.87. The number of rotatable bonds is 4. The lowest BCUT2D eigenvalue weighted by Crippen LogP contribution is -2.29. The highest BCUT2D eigenvalue weighted by molar-refractivity contribution is 6.31. The van der Waals surface area contributed by atoms with E-state index in [1.165, 1.54) is 0 Å². The summed E-state index contributed by atoms with van der Waals surface area (Å²) in [5.41, 5.74) is 1.63. The summed E-state index contributed by atoms with van der Waals surface area (Å²) in [6, 6.07) is 6.61. The first-order valence-corrected chi connectivity index (χ1v) is 7.24. The highest BCUT2D eigenvalue weighted by Gasteiger charge is 2.31. The van der Waals surface area contributed by atoms with Crippen molar-refractivity contribution in [2.45, 2.75) is 45.4 Å². The minimum absolute atomic E-state index is 0.449. The van der Waals surface area contributed by atoms with Crippen molar-refractivity contribution in [2.24, 2.45) is 0 Å². The Balaban J connectivity index is 2.07. The molecule has 1 aromatic rings. The molecule has 1 fully saturated rings. The first kappa shape index (κ1) is 14.6. The van der Waals surface area contributed by atoms with E-state index in [9.17, 15) is 5.11 Å². The van der Waals surface area contributed by atoms with Gasteiger partial charge in [-0.2, -0.15) is 0 Å². The van der Waals surface area contributed by atoms with E-state index >= 15 is 0 Å². The molecule has 0 saturated carbocycles. The second-order valence-corrected chi connectivity index (χ2v) is 6.39. The second-order valence-electron chi connectivity index (χ2n) is 5.98. The van der Waals surface area contributed by atoms with Crippen molar-refractivity contribution in [3.8, 4) is 0 Å². The van der Waals surface area contributed by atoms with Crippen LogP contribution in [0.4, 0.5) is 5.69 Å². The van der Waals surface area contributed by atoms with Gasteiger partial charge in [0.05, 0.1) is 5.60 Å². The lowest BCUT2D eigenvalue weighted by Gasteiger charge is -2.21. The van der Waals surface area contributed by atoms with Gasteiger partial charge in [-0.15, -0.1) is 0 Å². The molecule has 106 valence electrons. The molecule has 1 atom stereocenters. The molecule has 1 aromatic carbocycles. The summed E-state index contributed by atoms with van der Waals surface area (Å²) >= 11 is 6.33. The van der Waals surface area contributed by atoms with Crippen LogP contribution in [0, 0.1) is 0 Å². The Hall–Kier alpha value is -0.770. The van der Waals surface area contributed by atoms with E-state index in [1.54, 1.807) is 0 Å². The largest absolute Gasteiger partial charge is 0.388 e. The number of nitrogens with one attached hydrogen (secondary N) is 1. The summed E-state index contributed by atoms with van der Waals surface area (Å²) in [6.07, 6.45) is 0.807. The third kappa shape index (κ3) is 3.85. The van der Waals surface area contributed by atoms with Gasteiger partial charge in [0.15, 0.2) is 0 Å². The van der Waals surface area contributed by atoms with Crippen LogP contribution in [0.15, 0.2) is 18.2 Å². The Labute approximate surface area is 120 Å². The Morgan fingerprint density at radius 1 is 1.47 bits per heavy atom. The van der Waals surface area contributed by atoms with Gasteiger partial charge >= 0.3 is 0 Å². The van der Waals surface area contributed by atoms with Crippen molar-refractivity contribution in [1.29, 1.82) is 0 Å². The number of β-amino-alcohol motifs (C(OH)–C–C–N with tert-alkyl or cyclic N) is 1. The molecule has 0 spiro atoms. The van der Waals surface area contributed by atoms with E-state index in [2.05, 4.69) is 36.2 Å². The van der Waals surface area contributed by atoms with E-state index in [0.717, 1.165) is 35.8 Å². The maximum atomic E-state index is 10.0. The third-order valence-electron chi connectivity index (χ3n) is 3.55. The Morgan fingerprint density at radius 2 is 2.21 bits per heavy atom. The molecule has 3 nitrogen and oxygen atoms in total. The number of anilines is 1. The molecule has 1 unspecified atom stereocenters. The standard InChI is InChI=1S/C15H23ClN2O/c1-11(2)17-9-12-4-5-13(8-14(12)16)18-7-6-15(3,19)10-18/h4-5,8,11,17,19H,6-7,9-10H2,1-3H3. The van der Waals surface area contributed by atoms with Gasteiger partial charge in [-0.1, -0.05) is 31.5 Å². The van der Waals surface area contributed by atoms with Crippen LogP contribution in [-0.4, -0.2) is 29.8 Å². The third-order valence-corrected chi connectivity index (χ3v) is 3.91. The summed E-state index contributed by atoms with van der Waals surface area (Å²) in [5, 5.41) is 14.2. The van der Waals surface area contributed by atoms with Crippen LogP contribution in [0.1, 0.15) is 32.8 Å². The van der Waals surface area contributed by atoms with Crippen LogP contribution in [0.2, 0.25) is 5.02 Å². The van der Waals surface area contributed by atoms with E-state index in [1.807, 2.05) is 13.0 Å². The fourth-order valence-corrected chi connectivity index (χ4v) is 2.60. The molecule has 2 N–H and O–H groups in total. The van der Waals surface area contributed by atoms with E-state index in [4.69, 9.17) is 11.6 Å². The molecule has 1 heterocycles. The zero-order valence-corrected chi connectivity index (χ0v) is 12.7. The molecular formula is C15H23ClN2O. The molecule has 1 aliphatic heterocycles. The smallest absolute Gasteiger partial charge is 0.0810 e. The molecule has 0 amide bonds. The minimum atomic E-state index is -0.579. The van der Waals surface area contributed by atoms with Crippen molar-refractivity contribution in [3.05, 3.63) is 28.8 Å². The molecule has 1 saturated heterocycles. The fourth-order valence-electron chi connectivity index (χ4n) is 2.36. The SMILES string of the molecule is CC(C)NCc1ccc(N2CCC(C)(O)C2)cc1Cl. The summed E-state index contributed by atoms with van der Waals surface area (Å²) in [4.78, 5) is 2.19. The average Bonchev–Trinajstić information content (AvgIpc) is 2.68. The summed E-state index contributed by atoms with van der Waals surface area (Å²) in [6.45, 7) is 8.47. The number of halogens is 1. The zero-order valence-electron chi connectivity index (χ0n) is 11.9. The number of hydrogen-bond donors (Lipinski definition) is 2. The molecule has 0 bridgehead atoms. The molecule has 2 rings (SSSR count). The summed E-state index contributed by atoms with van der Waals surface area (Å²) < 4.78 is 0. The van der Waals surface area contributed by atoms with Crippen molar-refractivity contribution in [1.82, 2.24) is 5.32 Å². The van der Waals surface area contributed by atoms with Crippen LogP contribution in [0.5, 0.6) is 0 Å². The van der Waals surface area contributed by atoms with Gasteiger partial charge in [-0.25, -0.2) is 0 Å². The quantitative estimate of drug-likeness (QED) is 0.891. The maximum absolute atomic E-state index is 10.0. The van der Waals surface area contributed by atoms with Gasteiger partial charge in [0, 0.05) is 36.4 Å². The van der Waals surface area contributed by atoms with Crippen molar-refractivity contribution >= 4 is 17.3 Å². The van der Waals surface area contributed by atoms with E-state index in [0.29, 0.717) is 12.6 Å². The van der Waals surface area contributed by atoms with Gasteiger partial charge in [-0.05, 0) is 31.0 Å². The van der Waals surface area contributed by atoms with Crippen LogP contribution >= 0.6 is 11.6 Å². The molecule has 19 heavy (non-hydrogen) atoms. The van der Waals surface area contributed by atoms with Crippen molar-refractivity contribution in [3.63, 3.8) is 0 Å². The average molecular weight is 283 g/mol. The topological polar surface area (TPSA) is 35.5 Å². The highest BCUT2D eigenvalue weighted by atomic mass is 35.5. The molecular weight excluding hydrogens is 260 g/mol. The van der Waals surface area contributed by atoms with E-state index < -0.39 is 5.60 Å². The van der Waals surface area contributed by atoms with Gasteiger partial charge in [-0.3, -0.25) is 0 Å². The molecule has 0 radical (unpaired) electrons. The lowest BCUT2D eigenvalue weighted by atomic mass is 10.1. The normalized spacial score (nSPS) is 23.4.